The average molecular weight is 242 g/mol. The molecular weight excluding hydrogens is 226 g/mol. The molecule has 0 aromatic heterocycles. The molecule has 1 rings (SSSR count). The van der Waals surface area contributed by atoms with Crippen molar-refractivity contribution in [3.05, 3.63) is 34.9 Å². The number of ketones is 1. The first-order chi connectivity index (χ1) is 7.63. The zero-order chi connectivity index (χ0) is 12.0. The molecule has 0 aliphatic heterocycles. The van der Waals surface area contributed by atoms with Gasteiger partial charge in [-0.2, -0.15) is 0 Å². The van der Waals surface area contributed by atoms with Gasteiger partial charge < -0.3 is 10.5 Å². The maximum absolute atomic E-state index is 11.7. The molecule has 0 spiro atoms. The van der Waals surface area contributed by atoms with E-state index in [4.69, 9.17) is 22.1 Å². The Kier molecular flexibility index (Phi) is 5.46. The van der Waals surface area contributed by atoms with E-state index in [1.54, 1.807) is 19.2 Å². The highest BCUT2D eigenvalue weighted by atomic mass is 35.5. The minimum Gasteiger partial charge on any atom is -0.385 e. The smallest absolute Gasteiger partial charge is 0.153 e. The van der Waals surface area contributed by atoms with E-state index < -0.39 is 6.04 Å². The fourth-order valence-corrected chi connectivity index (χ4v) is 1.47. The number of hydrogen-bond acceptors (Lipinski definition) is 3. The Labute approximate surface area is 101 Å². The molecule has 1 atom stereocenters. The molecule has 1 unspecified atom stereocenters. The number of ether oxygens (including phenoxy) is 1. The minimum absolute atomic E-state index is 0.0272. The molecule has 88 valence electrons. The summed E-state index contributed by atoms with van der Waals surface area (Å²) in [5.74, 6) is 0.0272. The van der Waals surface area contributed by atoms with Gasteiger partial charge in [-0.1, -0.05) is 23.7 Å². The van der Waals surface area contributed by atoms with Gasteiger partial charge in [0.1, 0.15) is 0 Å². The zero-order valence-corrected chi connectivity index (χ0v) is 10.0. The molecule has 3 nitrogen and oxygen atoms in total. The molecule has 0 amide bonds. The lowest BCUT2D eigenvalue weighted by Gasteiger charge is -2.09. The van der Waals surface area contributed by atoms with Crippen LogP contribution in [0.3, 0.4) is 0 Å². The van der Waals surface area contributed by atoms with E-state index in [2.05, 4.69) is 0 Å². The maximum atomic E-state index is 11.7. The third kappa shape index (κ3) is 4.31. The summed E-state index contributed by atoms with van der Waals surface area (Å²) in [6.07, 6.45) is 0.908. The fourth-order valence-electron chi connectivity index (χ4n) is 1.34. The van der Waals surface area contributed by atoms with Crippen LogP contribution in [-0.4, -0.2) is 25.5 Å². The summed E-state index contributed by atoms with van der Waals surface area (Å²) in [4.78, 5) is 11.7. The van der Waals surface area contributed by atoms with E-state index in [0.29, 0.717) is 24.5 Å². The predicted molar refractivity (Wildman–Crippen MR) is 64.6 cm³/mol. The highest BCUT2D eigenvalue weighted by molar-refractivity contribution is 6.30. The summed E-state index contributed by atoms with van der Waals surface area (Å²) < 4.78 is 4.88. The van der Waals surface area contributed by atoms with Crippen molar-refractivity contribution in [2.24, 2.45) is 5.73 Å². The highest BCUT2D eigenvalue weighted by Crippen LogP contribution is 2.10. The molecule has 0 aliphatic carbocycles. The number of nitrogens with two attached hydrogens (primary N) is 1. The van der Waals surface area contributed by atoms with Gasteiger partial charge in [0, 0.05) is 25.2 Å². The number of rotatable bonds is 6. The van der Waals surface area contributed by atoms with Crippen molar-refractivity contribution in [2.75, 3.05) is 13.7 Å². The average Bonchev–Trinajstić information content (AvgIpc) is 2.29. The first-order valence-electron chi connectivity index (χ1n) is 5.15. The first-order valence-corrected chi connectivity index (χ1v) is 5.53. The molecule has 2 N–H and O–H groups in total. The molecule has 16 heavy (non-hydrogen) atoms. The molecule has 0 bridgehead atoms. The van der Waals surface area contributed by atoms with Crippen molar-refractivity contribution in [3.8, 4) is 0 Å². The van der Waals surface area contributed by atoms with E-state index in [9.17, 15) is 4.79 Å². The number of halogens is 1. The van der Waals surface area contributed by atoms with Crippen LogP contribution in [-0.2, 0) is 16.0 Å². The second kappa shape index (κ2) is 6.63. The standard InChI is InChI=1S/C12H16ClNO2/c1-16-7-6-11(14)12(15)8-9-2-4-10(13)5-3-9/h2-5,11H,6-8,14H2,1H3. The van der Waals surface area contributed by atoms with E-state index in [0.717, 1.165) is 5.56 Å². The Morgan fingerprint density at radius 1 is 1.44 bits per heavy atom. The highest BCUT2D eigenvalue weighted by Gasteiger charge is 2.13. The predicted octanol–water partition coefficient (Wildman–Crippen LogP) is 1.82. The molecule has 0 fully saturated rings. The molecule has 0 heterocycles. The quantitative estimate of drug-likeness (QED) is 0.827. The summed E-state index contributed by atoms with van der Waals surface area (Å²) >= 11 is 5.75. The van der Waals surface area contributed by atoms with Crippen LogP contribution in [0.5, 0.6) is 0 Å². The zero-order valence-electron chi connectivity index (χ0n) is 9.28. The Morgan fingerprint density at radius 2 is 2.06 bits per heavy atom. The van der Waals surface area contributed by atoms with E-state index >= 15 is 0 Å². The third-order valence-corrected chi connectivity index (χ3v) is 2.59. The number of hydrogen-bond donors (Lipinski definition) is 1. The largest absolute Gasteiger partial charge is 0.385 e. The van der Waals surface area contributed by atoms with Gasteiger partial charge in [0.15, 0.2) is 5.78 Å². The Bertz CT molecular complexity index is 337. The van der Waals surface area contributed by atoms with Gasteiger partial charge in [-0.25, -0.2) is 0 Å². The number of Topliss-reactive ketones (excluding diaryl/α,β-unsaturated/α-hetero) is 1. The van der Waals surface area contributed by atoms with Crippen molar-refractivity contribution >= 4 is 17.4 Å². The summed E-state index contributed by atoms with van der Waals surface area (Å²) in [5, 5.41) is 0.667. The van der Waals surface area contributed by atoms with Gasteiger partial charge in [0.25, 0.3) is 0 Å². The molecule has 0 saturated carbocycles. The molecule has 0 saturated heterocycles. The maximum Gasteiger partial charge on any atom is 0.153 e. The third-order valence-electron chi connectivity index (χ3n) is 2.34. The van der Waals surface area contributed by atoms with Crippen molar-refractivity contribution in [2.45, 2.75) is 18.9 Å². The fraction of sp³-hybridized carbons (Fsp3) is 0.417. The first kappa shape index (κ1) is 13.2. The number of methoxy groups -OCH3 is 1. The van der Waals surface area contributed by atoms with Crippen LogP contribution in [0, 0.1) is 0 Å². The van der Waals surface area contributed by atoms with Crippen molar-refractivity contribution in [1.29, 1.82) is 0 Å². The lowest BCUT2D eigenvalue weighted by atomic mass is 10.0. The van der Waals surface area contributed by atoms with Crippen LogP contribution in [0.1, 0.15) is 12.0 Å². The molecule has 1 aromatic carbocycles. The van der Waals surface area contributed by atoms with E-state index in [-0.39, 0.29) is 5.78 Å². The van der Waals surface area contributed by atoms with Crippen molar-refractivity contribution in [3.63, 3.8) is 0 Å². The summed E-state index contributed by atoms with van der Waals surface area (Å²) in [5.41, 5.74) is 6.66. The summed E-state index contributed by atoms with van der Waals surface area (Å²) in [6, 6.07) is 6.76. The van der Waals surface area contributed by atoms with Crippen LogP contribution in [0.15, 0.2) is 24.3 Å². The molecule has 0 aliphatic rings. The monoisotopic (exact) mass is 241 g/mol. The van der Waals surface area contributed by atoms with Crippen LogP contribution in [0.2, 0.25) is 5.02 Å². The molecular formula is C12H16ClNO2. The van der Waals surface area contributed by atoms with Gasteiger partial charge >= 0.3 is 0 Å². The van der Waals surface area contributed by atoms with Gasteiger partial charge in [0.05, 0.1) is 6.04 Å². The summed E-state index contributed by atoms with van der Waals surface area (Å²) in [6.45, 7) is 0.507. The number of carbonyl (C=O) groups excluding carboxylic acids is 1. The summed E-state index contributed by atoms with van der Waals surface area (Å²) in [7, 11) is 1.59. The van der Waals surface area contributed by atoms with E-state index in [1.807, 2.05) is 12.1 Å². The minimum atomic E-state index is -0.448. The SMILES string of the molecule is COCCC(N)C(=O)Cc1ccc(Cl)cc1. The second-order valence-corrected chi connectivity index (χ2v) is 4.09. The van der Waals surface area contributed by atoms with Gasteiger partial charge in [-0.3, -0.25) is 4.79 Å². The lowest BCUT2D eigenvalue weighted by molar-refractivity contribution is -0.120. The molecule has 4 heteroatoms. The van der Waals surface area contributed by atoms with Crippen LogP contribution < -0.4 is 5.73 Å². The van der Waals surface area contributed by atoms with Gasteiger partial charge in [-0.15, -0.1) is 0 Å². The van der Waals surface area contributed by atoms with Crippen LogP contribution in [0.25, 0.3) is 0 Å². The Hall–Kier alpha value is -0.900. The van der Waals surface area contributed by atoms with Crippen LogP contribution in [0.4, 0.5) is 0 Å². The van der Waals surface area contributed by atoms with Crippen molar-refractivity contribution in [1.82, 2.24) is 0 Å². The van der Waals surface area contributed by atoms with E-state index in [1.165, 1.54) is 0 Å². The number of benzene rings is 1. The van der Waals surface area contributed by atoms with Gasteiger partial charge in [0.2, 0.25) is 0 Å². The lowest BCUT2D eigenvalue weighted by Crippen LogP contribution is -2.32. The topological polar surface area (TPSA) is 52.3 Å². The Balaban J connectivity index is 2.47. The van der Waals surface area contributed by atoms with Gasteiger partial charge in [-0.05, 0) is 24.1 Å². The van der Waals surface area contributed by atoms with Crippen LogP contribution >= 0.6 is 11.6 Å². The normalized spacial score (nSPS) is 12.4. The Morgan fingerprint density at radius 3 is 2.62 bits per heavy atom. The molecule has 1 aromatic rings. The molecule has 0 radical (unpaired) electrons. The number of carbonyl (C=O) groups is 1. The second-order valence-electron chi connectivity index (χ2n) is 3.66. The van der Waals surface area contributed by atoms with Crippen molar-refractivity contribution < 1.29 is 9.53 Å².